The number of hydrogen-bond donors (Lipinski definition) is 0. The minimum Gasteiger partial charge on any atom is -0.469 e. The molecule has 0 radical (unpaired) electrons. The number of amides is 1. The Labute approximate surface area is 153 Å². The van der Waals surface area contributed by atoms with Crippen molar-refractivity contribution in [1.29, 1.82) is 0 Å². The largest absolute Gasteiger partial charge is 0.469 e. The summed E-state index contributed by atoms with van der Waals surface area (Å²) in [4.78, 5) is 25.8. The second-order valence-corrected chi connectivity index (χ2v) is 6.88. The molecular formula is C18H15N3O4S. The summed E-state index contributed by atoms with van der Waals surface area (Å²) in [7, 11) is 1.74. The molecule has 7 nitrogen and oxygen atoms in total. The van der Waals surface area contributed by atoms with Gasteiger partial charge in [-0.3, -0.25) is 9.59 Å². The van der Waals surface area contributed by atoms with Crippen LogP contribution in [-0.2, 0) is 11.2 Å². The average Bonchev–Trinajstić information content (AvgIpc) is 3.33. The molecule has 3 heterocycles. The van der Waals surface area contributed by atoms with Gasteiger partial charge in [0.25, 0.3) is 11.1 Å². The van der Waals surface area contributed by atoms with Crippen molar-refractivity contribution in [2.45, 2.75) is 18.6 Å². The van der Waals surface area contributed by atoms with E-state index in [0.717, 1.165) is 16.8 Å². The normalized spacial score (nSPS) is 13.3. The summed E-state index contributed by atoms with van der Waals surface area (Å²) < 4.78 is 10.8. The number of likely N-dealkylation sites (N-methyl/N-ethyl adjacent to an activating group) is 1. The summed E-state index contributed by atoms with van der Waals surface area (Å²) in [5.74, 6) is 1.21. The number of aromatic nitrogens is 2. The van der Waals surface area contributed by atoms with E-state index in [1.165, 1.54) is 11.8 Å². The van der Waals surface area contributed by atoms with Gasteiger partial charge in [-0.1, -0.05) is 11.8 Å². The van der Waals surface area contributed by atoms with E-state index < -0.39 is 0 Å². The molecule has 8 heteroatoms. The summed E-state index contributed by atoms with van der Waals surface area (Å²) in [6, 6.07) is 7.09. The van der Waals surface area contributed by atoms with Gasteiger partial charge >= 0.3 is 0 Å². The highest BCUT2D eigenvalue weighted by Crippen LogP contribution is 2.30. The standard InChI is InChI=1S/C18H15N3O4S/c1-10-13(5-6-24-10)17-19-20-18(25-17)26-9-15(22)11-3-4-14-12(7-11)8-16(23)21(14)2/h3-7H,8-9H2,1-2H3. The molecule has 1 aliphatic heterocycles. The monoisotopic (exact) mass is 369 g/mol. The van der Waals surface area contributed by atoms with Crippen molar-refractivity contribution < 1.29 is 18.4 Å². The molecule has 0 fully saturated rings. The van der Waals surface area contributed by atoms with Gasteiger partial charge in [0.2, 0.25) is 5.91 Å². The molecule has 0 aliphatic carbocycles. The van der Waals surface area contributed by atoms with Crippen LogP contribution in [0.25, 0.3) is 11.5 Å². The second-order valence-electron chi connectivity index (χ2n) is 5.95. The van der Waals surface area contributed by atoms with Crippen molar-refractivity contribution in [3.05, 3.63) is 47.4 Å². The maximum Gasteiger partial charge on any atom is 0.277 e. The molecule has 1 aliphatic rings. The van der Waals surface area contributed by atoms with Crippen molar-refractivity contribution in [2.75, 3.05) is 17.7 Å². The van der Waals surface area contributed by atoms with Crippen LogP contribution in [0.3, 0.4) is 0 Å². The van der Waals surface area contributed by atoms with Crippen LogP contribution < -0.4 is 4.90 Å². The SMILES string of the molecule is Cc1occc1-c1nnc(SCC(=O)c2ccc3c(c2)CC(=O)N3C)o1. The van der Waals surface area contributed by atoms with Crippen molar-refractivity contribution >= 4 is 29.1 Å². The molecule has 1 amide bonds. The van der Waals surface area contributed by atoms with Crippen LogP contribution >= 0.6 is 11.8 Å². The van der Waals surface area contributed by atoms with Gasteiger partial charge in [0.1, 0.15) is 5.76 Å². The highest BCUT2D eigenvalue weighted by atomic mass is 32.2. The lowest BCUT2D eigenvalue weighted by Gasteiger charge is -2.10. The number of aryl methyl sites for hydroxylation is 1. The number of ketones is 1. The molecule has 2 aromatic heterocycles. The molecule has 0 unspecified atom stereocenters. The quantitative estimate of drug-likeness (QED) is 0.504. The van der Waals surface area contributed by atoms with E-state index in [4.69, 9.17) is 8.83 Å². The molecule has 0 atom stereocenters. The molecule has 132 valence electrons. The first kappa shape index (κ1) is 16.6. The Kier molecular flexibility index (Phi) is 4.12. The van der Waals surface area contributed by atoms with E-state index in [-0.39, 0.29) is 17.4 Å². The number of carbonyl (C=O) groups excluding carboxylic acids is 2. The zero-order chi connectivity index (χ0) is 18.3. The Hall–Kier alpha value is -2.87. The second kappa shape index (κ2) is 6.45. The predicted molar refractivity (Wildman–Crippen MR) is 95.3 cm³/mol. The average molecular weight is 369 g/mol. The third kappa shape index (κ3) is 2.92. The highest BCUT2D eigenvalue weighted by Gasteiger charge is 2.25. The topological polar surface area (TPSA) is 89.4 Å². The fraction of sp³-hybridized carbons (Fsp3) is 0.222. The van der Waals surface area contributed by atoms with E-state index in [2.05, 4.69) is 10.2 Å². The number of thioether (sulfide) groups is 1. The van der Waals surface area contributed by atoms with Crippen molar-refractivity contribution in [2.24, 2.45) is 0 Å². The van der Waals surface area contributed by atoms with Gasteiger partial charge in [-0.2, -0.15) is 0 Å². The van der Waals surface area contributed by atoms with E-state index in [1.54, 1.807) is 36.4 Å². The van der Waals surface area contributed by atoms with Gasteiger partial charge in [0.05, 0.1) is 24.0 Å². The van der Waals surface area contributed by atoms with E-state index in [0.29, 0.717) is 28.9 Å². The van der Waals surface area contributed by atoms with Crippen molar-refractivity contribution in [1.82, 2.24) is 10.2 Å². The number of anilines is 1. The third-order valence-electron chi connectivity index (χ3n) is 4.30. The molecule has 26 heavy (non-hydrogen) atoms. The fourth-order valence-corrected chi connectivity index (χ4v) is 3.50. The van der Waals surface area contributed by atoms with Gasteiger partial charge < -0.3 is 13.7 Å². The number of hydrogen-bond acceptors (Lipinski definition) is 7. The first-order valence-electron chi connectivity index (χ1n) is 7.96. The lowest BCUT2D eigenvalue weighted by molar-refractivity contribution is -0.117. The maximum atomic E-state index is 12.4. The number of furan rings is 1. The first-order valence-corrected chi connectivity index (χ1v) is 8.95. The van der Waals surface area contributed by atoms with Crippen LogP contribution in [-0.4, -0.2) is 34.7 Å². The Morgan fingerprint density at radius 1 is 1.31 bits per heavy atom. The third-order valence-corrected chi connectivity index (χ3v) is 5.12. The van der Waals surface area contributed by atoms with Crippen LogP contribution in [0.15, 0.2) is 44.6 Å². The Balaban J connectivity index is 1.44. The van der Waals surface area contributed by atoms with Crippen molar-refractivity contribution in [3.8, 4) is 11.5 Å². The van der Waals surface area contributed by atoms with Crippen LogP contribution in [0.4, 0.5) is 5.69 Å². The van der Waals surface area contributed by atoms with Crippen LogP contribution in [0, 0.1) is 6.92 Å². The number of carbonyl (C=O) groups is 2. The van der Waals surface area contributed by atoms with Crippen LogP contribution in [0.1, 0.15) is 21.7 Å². The summed E-state index contributed by atoms with van der Waals surface area (Å²) in [5, 5.41) is 8.26. The van der Waals surface area contributed by atoms with Crippen LogP contribution in [0.5, 0.6) is 0 Å². The maximum absolute atomic E-state index is 12.4. The van der Waals surface area contributed by atoms with Gasteiger partial charge in [0, 0.05) is 18.3 Å². The molecule has 0 spiro atoms. The molecule has 0 N–H and O–H groups in total. The fourth-order valence-electron chi connectivity index (χ4n) is 2.84. The Bertz CT molecular complexity index is 1010. The van der Waals surface area contributed by atoms with E-state index in [9.17, 15) is 9.59 Å². The number of nitrogens with zero attached hydrogens (tertiary/aromatic N) is 3. The zero-order valence-corrected chi connectivity index (χ0v) is 15.0. The zero-order valence-electron chi connectivity index (χ0n) is 14.2. The summed E-state index contributed by atoms with van der Waals surface area (Å²) in [6.45, 7) is 1.81. The summed E-state index contributed by atoms with van der Waals surface area (Å²) in [6.07, 6.45) is 1.89. The molecule has 0 bridgehead atoms. The molecule has 0 saturated heterocycles. The van der Waals surface area contributed by atoms with Crippen molar-refractivity contribution in [3.63, 3.8) is 0 Å². The van der Waals surface area contributed by atoms with E-state index >= 15 is 0 Å². The molecule has 0 saturated carbocycles. The minimum absolute atomic E-state index is 0.0342. The number of benzene rings is 1. The van der Waals surface area contributed by atoms with Gasteiger partial charge in [0.15, 0.2) is 5.78 Å². The molecule has 3 aromatic rings. The molecular weight excluding hydrogens is 354 g/mol. The van der Waals surface area contributed by atoms with Gasteiger partial charge in [-0.15, -0.1) is 10.2 Å². The minimum atomic E-state index is -0.0564. The number of Topliss-reactive ketones (excluding diaryl/α,β-unsaturated/α-hetero) is 1. The summed E-state index contributed by atoms with van der Waals surface area (Å²) in [5.41, 5.74) is 3.05. The van der Waals surface area contributed by atoms with E-state index in [1.807, 2.05) is 13.0 Å². The molecule has 4 rings (SSSR count). The highest BCUT2D eigenvalue weighted by molar-refractivity contribution is 7.99. The lowest BCUT2D eigenvalue weighted by atomic mass is 10.1. The first-order chi connectivity index (χ1) is 12.5. The molecule has 1 aromatic carbocycles. The Morgan fingerprint density at radius 2 is 2.15 bits per heavy atom. The van der Waals surface area contributed by atoms with Gasteiger partial charge in [-0.05, 0) is 36.8 Å². The summed E-state index contributed by atoms with van der Waals surface area (Å²) >= 11 is 1.18. The van der Waals surface area contributed by atoms with Crippen LogP contribution in [0.2, 0.25) is 0 Å². The number of rotatable bonds is 5. The van der Waals surface area contributed by atoms with Gasteiger partial charge in [-0.25, -0.2) is 0 Å². The predicted octanol–water partition coefficient (Wildman–Crippen LogP) is 3.13. The smallest absolute Gasteiger partial charge is 0.277 e. The number of fused-ring (bicyclic) bond motifs is 1. The Morgan fingerprint density at radius 3 is 2.92 bits per heavy atom. The lowest BCUT2D eigenvalue weighted by Crippen LogP contribution is -2.20.